The van der Waals surface area contributed by atoms with Gasteiger partial charge in [0.05, 0.1) is 11.4 Å². The summed E-state index contributed by atoms with van der Waals surface area (Å²) in [4.78, 5) is 49.8. The molecular weight excluding hydrogens is 806 g/mol. The summed E-state index contributed by atoms with van der Waals surface area (Å²) in [6, 6.07) is 10.7. The second kappa shape index (κ2) is 15.5. The summed E-state index contributed by atoms with van der Waals surface area (Å²) in [5.74, 6) is 1.35. The molecule has 48 heavy (non-hydrogen) atoms. The Morgan fingerprint density at radius 3 is 2.12 bits per heavy atom. The van der Waals surface area contributed by atoms with E-state index in [1.807, 2.05) is 47.5 Å². The van der Waals surface area contributed by atoms with Crippen molar-refractivity contribution in [3.05, 3.63) is 72.1 Å². The largest absolute Gasteiger partial charge is 0.397 e. The van der Waals surface area contributed by atoms with Crippen LogP contribution in [0.15, 0.2) is 60.8 Å². The lowest BCUT2D eigenvalue weighted by Gasteiger charge is -2.40. The van der Waals surface area contributed by atoms with Crippen molar-refractivity contribution in [2.24, 2.45) is 11.8 Å². The lowest BCUT2D eigenvalue weighted by Crippen LogP contribution is -2.55. The first-order chi connectivity index (χ1) is 23.0. The van der Waals surface area contributed by atoms with Crippen LogP contribution < -0.4 is 16.7 Å². The lowest BCUT2D eigenvalue weighted by molar-refractivity contribution is -0.135. The highest BCUT2D eigenvalue weighted by Gasteiger charge is 2.34. The molecule has 0 radical (unpaired) electrons. The highest BCUT2D eigenvalue weighted by Crippen LogP contribution is 2.33. The second-order valence-electron chi connectivity index (χ2n) is 13.6. The summed E-state index contributed by atoms with van der Waals surface area (Å²) >= 11 is 10.6. The zero-order valence-electron chi connectivity index (χ0n) is 27.3. The quantitative estimate of drug-likeness (QED) is 0.243. The molecular formula is C35H44Br3N7O3. The van der Waals surface area contributed by atoms with Crippen LogP contribution in [0.25, 0.3) is 11.3 Å². The van der Waals surface area contributed by atoms with Gasteiger partial charge >= 0.3 is 11.7 Å². The molecule has 0 aliphatic carbocycles. The molecule has 4 N–H and O–H groups in total. The number of halogens is 3. The van der Waals surface area contributed by atoms with Crippen LogP contribution in [0.2, 0.25) is 0 Å². The van der Waals surface area contributed by atoms with Gasteiger partial charge in [-0.2, -0.15) is 0 Å². The van der Waals surface area contributed by atoms with Crippen LogP contribution in [0.3, 0.4) is 0 Å². The van der Waals surface area contributed by atoms with E-state index in [0.29, 0.717) is 44.0 Å². The zero-order chi connectivity index (χ0) is 33.9. The number of nitrogens with two attached hydrogens (primary N) is 1. The van der Waals surface area contributed by atoms with Gasteiger partial charge in [-0.25, -0.2) is 9.59 Å². The van der Waals surface area contributed by atoms with Crippen LogP contribution in [-0.2, 0) is 11.2 Å². The van der Waals surface area contributed by atoms with E-state index < -0.39 is 6.04 Å². The number of amides is 3. The fraction of sp³-hybridized carbons (Fsp3) is 0.514. The molecule has 258 valence electrons. The molecule has 3 aliphatic heterocycles. The second-order valence-corrected chi connectivity index (χ2v) is 16.2. The summed E-state index contributed by atoms with van der Waals surface area (Å²) in [5, 5.41) is 3.11. The maximum Gasteiger partial charge on any atom is 0.326 e. The number of carbonyl (C=O) groups is 2. The van der Waals surface area contributed by atoms with Gasteiger partial charge in [-0.3, -0.25) is 9.36 Å². The summed E-state index contributed by atoms with van der Waals surface area (Å²) in [5.41, 5.74) is 9.17. The number of rotatable bonds is 7. The SMILES string of the molecule is CN1CCC(C2CCN(C(=O)[C@@H](Cc3cc(Br)c(N)c(Br)c3)NC(=O)N3CCC(n4cc(-c5cccc(Br)c5)[nH]c4=O)CC3)CC2)CC1. The Hall–Kier alpha value is -2.61. The Morgan fingerprint density at radius 1 is 0.896 bits per heavy atom. The first-order valence-electron chi connectivity index (χ1n) is 16.9. The van der Waals surface area contributed by atoms with Crippen LogP contribution in [0, 0.1) is 11.8 Å². The molecule has 0 unspecified atom stereocenters. The van der Waals surface area contributed by atoms with Crippen molar-refractivity contribution < 1.29 is 9.59 Å². The van der Waals surface area contributed by atoms with E-state index in [1.54, 1.807) is 9.47 Å². The number of nitrogen functional groups attached to an aromatic ring is 1. The molecule has 10 nitrogen and oxygen atoms in total. The van der Waals surface area contributed by atoms with Crippen LogP contribution in [0.1, 0.15) is 50.1 Å². The number of aromatic nitrogens is 2. The van der Waals surface area contributed by atoms with Crippen LogP contribution >= 0.6 is 47.8 Å². The first-order valence-corrected chi connectivity index (χ1v) is 19.3. The number of imidazole rings is 1. The molecule has 0 saturated carbocycles. The summed E-state index contributed by atoms with van der Waals surface area (Å²) in [7, 11) is 2.19. The molecule has 3 aliphatic rings. The zero-order valence-corrected chi connectivity index (χ0v) is 32.0. The lowest BCUT2D eigenvalue weighted by atomic mass is 9.79. The maximum atomic E-state index is 14.1. The molecule has 2 aromatic carbocycles. The molecule has 13 heteroatoms. The number of benzene rings is 2. The van der Waals surface area contributed by atoms with Gasteiger partial charge in [-0.1, -0.05) is 28.1 Å². The Bertz CT molecular complexity index is 1650. The van der Waals surface area contributed by atoms with Gasteiger partial charge in [0.1, 0.15) is 6.04 Å². The smallest absolute Gasteiger partial charge is 0.326 e. The number of hydrogen-bond acceptors (Lipinski definition) is 5. The van der Waals surface area contributed by atoms with Gasteiger partial charge < -0.3 is 30.7 Å². The van der Waals surface area contributed by atoms with Gasteiger partial charge in [0.2, 0.25) is 5.91 Å². The standard InChI is InChI=1S/C35H44Br3N7O3/c1-42-11-5-23(6-12-42)24-7-13-43(14-8-24)33(46)30(19-22-17-28(37)32(39)29(38)18-22)40-34(47)44-15-9-27(10-16-44)45-21-31(41-35(45)48)25-3-2-4-26(36)20-25/h2-4,17-18,20-21,23-24,27,30H,5-16,19,39H2,1H3,(H,40,47)(H,41,48)/t30-/m1/s1. The molecule has 0 spiro atoms. The number of nitrogens with one attached hydrogen (secondary N) is 2. The van der Waals surface area contributed by atoms with Gasteiger partial charge in [0, 0.05) is 63.8 Å². The topological polar surface area (TPSA) is 120 Å². The minimum Gasteiger partial charge on any atom is -0.397 e. The van der Waals surface area contributed by atoms with Gasteiger partial charge in [-0.05, 0) is 132 Å². The van der Waals surface area contributed by atoms with E-state index in [-0.39, 0.29) is 23.7 Å². The monoisotopic (exact) mass is 847 g/mol. The number of nitrogens with zero attached hydrogens (tertiary/aromatic N) is 4. The predicted molar refractivity (Wildman–Crippen MR) is 200 cm³/mol. The average molecular weight is 850 g/mol. The van der Waals surface area contributed by atoms with Crippen molar-refractivity contribution in [2.75, 3.05) is 52.0 Å². The van der Waals surface area contributed by atoms with E-state index in [0.717, 1.165) is 75.2 Å². The van der Waals surface area contributed by atoms with Crippen molar-refractivity contribution in [3.8, 4) is 11.3 Å². The van der Waals surface area contributed by atoms with Gasteiger partial charge in [0.25, 0.3) is 0 Å². The van der Waals surface area contributed by atoms with E-state index in [9.17, 15) is 14.4 Å². The van der Waals surface area contributed by atoms with E-state index >= 15 is 0 Å². The number of piperidine rings is 3. The highest BCUT2D eigenvalue weighted by atomic mass is 79.9. The van der Waals surface area contributed by atoms with Gasteiger partial charge in [-0.15, -0.1) is 0 Å². The van der Waals surface area contributed by atoms with Gasteiger partial charge in [0.15, 0.2) is 0 Å². The average Bonchev–Trinajstić information content (AvgIpc) is 3.48. The minimum absolute atomic E-state index is 0.0218. The van der Waals surface area contributed by atoms with E-state index in [4.69, 9.17) is 5.73 Å². The van der Waals surface area contributed by atoms with Crippen molar-refractivity contribution in [3.63, 3.8) is 0 Å². The molecule has 4 heterocycles. The first kappa shape index (κ1) is 35.2. The molecule has 6 rings (SSSR count). The molecule has 1 atom stereocenters. The van der Waals surface area contributed by atoms with Crippen LogP contribution in [0.4, 0.5) is 10.5 Å². The number of H-pyrrole nitrogens is 1. The molecule has 3 saturated heterocycles. The summed E-state index contributed by atoms with van der Waals surface area (Å²) in [6.45, 7) is 4.71. The van der Waals surface area contributed by atoms with Crippen molar-refractivity contribution in [2.45, 2.75) is 57.0 Å². The normalized spacial score (nSPS) is 19.4. The third-order valence-electron chi connectivity index (χ3n) is 10.5. The minimum atomic E-state index is -0.711. The third kappa shape index (κ3) is 8.22. The fourth-order valence-electron chi connectivity index (χ4n) is 7.57. The Balaban J connectivity index is 1.10. The Kier molecular flexibility index (Phi) is 11.4. The number of carbonyl (C=O) groups excluding carboxylic acids is 2. The number of urea groups is 1. The van der Waals surface area contributed by atoms with E-state index in [1.165, 1.54) is 12.8 Å². The molecule has 3 amide bonds. The highest BCUT2D eigenvalue weighted by molar-refractivity contribution is 9.11. The number of hydrogen-bond donors (Lipinski definition) is 3. The molecule has 1 aromatic heterocycles. The predicted octanol–water partition coefficient (Wildman–Crippen LogP) is 6.25. The van der Waals surface area contributed by atoms with E-state index in [2.05, 4.69) is 70.0 Å². The third-order valence-corrected chi connectivity index (χ3v) is 12.3. The molecule has 3 aromatic rings. The molecule has 0 bridgehead atoms. The number of anilines is 1. The van der Waals surface area contributed by atoms with Crippen LogP contribution in [-0.4, -0.2) is 88.5 Å². The van der Waals surface area contributed by atoms with Crippen molar-refractivity contribution >= 4 is 65.4 Å². The van der Waals surface area contributed by atoms with Crippen LogP contribution in [0.5, 0.6) is 0 Å². The van der Waals surface area contributed by atoms with Crippen molar-refractivity contribution in [1.82, 2.24) is 29.6 Å². The number of likely N-dealkylation sites (tertiary alicyclic amines) is 3. The summed E-state index contributed by atoms with van der Waals surface area (Å²) < 4.78 is 4.18. The Labute approximate surface area is 307 Å². The molecule has 3 fully saturated rings. The summed E-state index contributed by atoms with van der Waals surface area (Å²) in [6.07, 6.45) is 7.99. The Morgan fingerprint density at radius 2 is 1.50 bits per heavy atom. The number of aromatic amines is 1. The maximum absolute atomic E-state index is 14.1. The van der Waals surface area contributed by atoms with Crippen molar-refractivity contribution in [1.29, 1.82) is 0 Å². The fourth-order valence-corrected chi connectivity index (χ4v) is 9.25.